The molecule has 0 aliphatic rings. The Morgan fingerprint density at radius 2 is 1.22 bits per heavy atom. The predicted molar refractivity (Wildman–Crippen MR) is 98.2 cm³/mol. The first-order valence-electron chi connectivity index (χ1n) is 7.98. The minimum absolute atomic E-state index is 1.21. The lowest BCUT2D eigenvalue weighted by molar-refractivity contribution is 1.04. The predicted octanol–water partition coefficient (Wildman–Crippen LogP) is 5.91. The fourth-order valence-corrected chi connectivity index (χ4v) is 3.30. The maximum absolute atomic E-state index is 2.35. The molecule has 0 N–H and O–H groups in total. The summed E-state index contributed by atoms with van der Waals surface area (Å²) in [5.74, 6) is 0. The third-order valence-electron chi connectivity index (χ3n) is 4.66. The Morgan fingerprint density at radius 1 is 0.609 bits per heavy atom. The second kappa shape index (κ2) is 5.44. The highest BCUT2D eigenvalue weighted by atomic mass is 15.0. The van der Waals surface area contributed by atoms with E-state index in [4.69, 9.17) is 0 Å². The fourth-order valence-electron chi connectivity index (χ4n) is 3.30. The summed E-state index contributed by atoms with van der Waals surface area (Å²) in [5, 5.41) is 1.33. The summed E-state index contributed by atoms with van der Waals surface area (Å²) in [6.45, 7) is 4.40. The normalized spacial score (nSPS) is 11.0. The summed E-state index contributed by atoms with van der Waals surface area (Å²) in [7, 11) is 0. The minimum Gasteiger partial charge on any atom is -0.314 e. The van der Waals surface area contributed by atoms with Crippen molar-refractivity contribution < 1.29 is 0 Å². The molecule has 0 amide bonds. The van der Waals surface area contributed by atoms with E-state index in [1.807, 2.05) is 0 Å². The first-order chi connectivity index (χ1) is 11.3. The number of benzene rings is 3. The smallest absolute Gasteiger partial charge is 0.0534 e. The van der Waals surface area contributed by atoms with Crippen molar-refractivity contribution in [2.45, 2.75) is 13.8 Å². The van der Waals surface area contributed by atoms with Crippen molar-refractivity contribution in [3.05, 3.63) is 90.1 Å². The second-order valence-electron chi connectivity index (χ2n) is 5.98. The molecule has 0 radical (unpaired) electrons. The second-order valence-corrected chi connectivity index (χ2v) is 5.98. The molecule has 0 aliphatic heterocycles. The molecule has 1 aromatic heterocycles. The summed E-state index contributed by atoms with van der Waals surface area (Å²) in [6.07, 6.45) is 0. The largest absolute Gasteiger partial charge is 0.314 e. The lowest BCUT2D eigenvalue weighted by Crippen LogP contribution is -1.96. The van der Waals surface area contributed by atoms with Crippen molar-refractivity contribution in [1.82, 2.24) is 4.57 Å². The van der Waals surface area contributed by atoms with Gasteiger partial charge in [0, 0.05) is 16.8 Å². The lowest BCUT2D eigenvalue weighted by atomic mass is 10.1. The average Bonchev–Trinajstić information content (AvgIpc) is 2.87. The Hall–Kier alpha value is -2.80. The zero-order valence-electron chi connectivity index (χ0n) is 13.5. The molecule has 0 unspecified atom stereocenters. The molecule has 0 spiro atoms. The summed E-state index contributed by atoms with van der Waals surface area (Å²) in [5.41, 5.74) is 7.65. The van der Waals surface area contributed by atoms with Crippen LogP contribution in [-0.4, -0.2) is 4.57 Å². The summed E-state index contributed by atoms with van der Waals surface area (Å²) in [4.78, 5) is 0. The molecule has 112 valence electrons. The number of hydrogen-bond acceptors (Lipinski definition) is 0. The van der Waals surface area contributed by atoms with Gasteiger partial charge in [-0.25, -0.2) is 0 Å². The fraction of sp³-hybridized carbons (Fsp3) is 0.0909. The van der Waals surface area contributed by atoms with E-state index < -0.39 is 0 Å². The van der Waals surface area contributed by atoms with Crippen LogP contribution < -0.4 is 0 Å². The van der Waals surface area contributed by atoms with Gasteiger partial charge in [0.25, 0.3) is 0 Å². The highest BCUT2D eigenvalue weighted by molar-refractivity contribution is 5.87. The first-order valence-corrected chi connectivity index (χ1v) is 7.98. The van der Waals surface area contributed by atoms with Gasteiger partial charge in [0.2, 0.25) is 0 Å². The van der Waals surface area contributed by atoms with E-state index in [0.717, 1.165) is 0 Å². The monoisotopic (exact) mass is 297 g/mol. The summed E-state index contributed by atoms with van der Waals surface area (Å²) >= 11 is 0. The van der Waals surface area contributed by atoms with Gasteiger partial charge in [-0.05, 0) is 48.7 Å². The Balaban J connectivity index is 1.85. The molecule has 1 heteroatoms. The van der Waals surface area contributed by atoms with Gasteiger partial charge in [-0.15, -0.1) is 0 Å². The number of rotatable bonds is 2. The number of para-hydroxylation sites is 1. The SMILES string of the molecule is Cc1c(C)n(-c2ccc(-c3ccccc3)cc2)c2ccccc12. The topological polar surface area (TPSA) is 4.93 Å². The number of aromatic nitrogens is 1. The number of hydrogen-bond donors (Lipinski definition) is 0. The van der Waals surface area contributed by atoms with Crippen molar-refractivity contribution in [3.8, 4) is 16.8 Å². The van der Waals surface area contributed by atoms with Gasteiger partial charge >= 0.3 is 0 Å². The number of nitrogens with zero attached hydrogens (tertiary/aromatic N) is 1. The van der Waals surface area contributed by atoms with Crippen LogP contribution in [0.3, 0.4) is 0 Å². The molecule has 0 atom stereocenters. The van der Waals surface area contributed by atoms with E-state index in [1.54, 1.807) is 0 Å². The van der Waals surface area contributed by atoms with E-state index in [1.165, 1.54) is 39.0 Å². The van der Waals surface area contributed by atoms with Crippen molar-refractivity contribution in [1.29, 1.82) is 0 Å². The molecule has 0 saturated heterocycles. The highest BCUT2D eigenvalue weighted by Crippen LogP contribution is 2.29. The Bertz CT molecular complexity index is 960. The van der Waals surface area contributed by atoms with E-state index in [-0.39, 0.29) is 0 Å². The van der Waals surface area contributed by atoms with Gasteiger partial charge in [0.05, 0.1) is 5.52 Å². The summed E-state index contributed by atoms with van der Waals surface area (Å²) < 4.78 is 2.35. The van der Waals surface area contributed by atoms with Gasteiger partial charge < -0.3 is 4.57 Å². The van der Waals surface area contributed by atoms with Gasteiger partial charge in [0.1, 0.15) is 0 Å². The van der Waals surface area contributed by atoms with Crippen LogP contribution >= 0.6 is 0 Å². The van der Waals surface area contributed by atoms with E-state index in [9.17, 15) is 0 Å². The maximum Gasteiger partial charge on any atom is 0.0534 e. The third kappa shape index (κ3) is 2.25. The van der Waals surface area contributed by atoms with Gasteiger partial charge in [0.15, 0.2) is 0 Å². The maximum atomic E-state index is 2.35. The van der Waals surface area contributed by atoms with Crippen molar-refractivity contribution in [3.63, 3.8) is 0 Å². The molecule has 4 rings (SSSR count). The number of fused-ring (bicyclic) bond motifs is 1. The molecule has 23 heavy (non-hydrogen) atoms. The van der Waals surface area contributed by atoms with Crippen LogP contribution in [0.15, 0.2) is 78.9 Å². The molecule has 1 heterocycles. The van der Waals surface area contributed by atoms with Crippen LogP contribution in [0.5, 0.6) is 0 Å². The molecule has 4 aromatic rings. The highest BCUT2D eigenvalue weighted by Gasteiger charge is 2.11. The standard InChI is InChI=1S/C22H19N/c1-16-17(2)23(22-11-7-6-10-21(16)22)20-14-12-19(13-15-20)18-8-4-3-5-9-18/h3-15H,1-2H3. The van der Waals surface area contributed by atoms with Crippen LogP contribution in [0.1, 0.15) is 11.3 Å². The quantitative estimate of drug-likeness (QED) is 0.433. The van der Waals surface area contributed by atoms with Crippen molar-refractivity contribution >= 4 is 10.9 Å². The molecule has 3 aromatic carbocycles. The van der Waals surface area contributed by atoms with Crippen LogP contribution in [0, 0.1) is 13.8 Å². The molecule has 0 fully saturated rings. The molecular weight excluding hydrogens is 278 g/mol. The van der Waals surface area contributed by atoms with Gasteiger partial charge in [-0.1, -0.05) is 60.7 Å². The van der Waals surface area contributed by atoms with E-state index >= 15 is 0 Å². The Morgan fingerprint density at radius 3 is 1.96 bits per heavy atom. The van der Waals surface area contributed by atoms with Crippen LogP contribution in [0.4, 0.5) is 0 Å². The van der Waals surface area contributed by atoms with Crippen molar-refractivity contribution in [2.75, 3.05) is 0 Å². The average molecular weight is 297 g/mol. The van der Waals surface area contributed by atoms with Gasteiger partial charge in [-0.3, -0.25) is 0 Å². The lowest BCUT2D eigenvalue weighted by Gasteiger charge is -2.10. The van der Waals surface area contributed by atoms with Gasteiger partial charge in [-0.2, -0.15) is 0 Å². The van der Waals surface area contributed by atoms with Crippen LogP contribution in [0.2, 0.25) is 0 Å². The minimum atomic E-state index is 1.21. The molecule has 0 saturated carbocycles. The first kappa shape index (κ1) is 13.8. The molecule has 0 bridgehead atoms. The molecule has 0 aliphatic carbocycles. The van der Waals surface area contributed by atoms with E-state index in [0.29, 0.717) is 0 Å². The number of aryl methyl sites for hydroxylation is 1. The van der Waals surface area contributed by atoms with Crippen LogP contribution in [0.25, 0.3) is 27.7 Å². The zero-order chi connectivity index (χ0) is 15.8. The molecular formula is C22H19N. The van der Waals surface area contributed by atoms with E-state index in [2.05, 4.69) is 97.3 Å². The van der Waals surface area contributed by atoms with Crippen molar-refractivity contribution in [2.24, 2.45) is 0 Å². The van der Waals surface area contributed by atoms with Crippen LogP contribution in [-0.2, 0) is 0 Å². The molecule has 1 nitrogen and oxygen atoms in total. The third-order valence-corrected chi connectivity index (χ3v) is 4.66. The Kier molecular flexibility index (Phi) is 3.27. The zero-order valence-corrected chi connectivity index (χ0v) is 13.5. The summed E-state index contributed by atoms with van der Waals surface area (Å²) in [6, 6.07) is 27.9. The Labute approximate surface area is 136 Å².